The van der Waals surface area contributed by atoms with E-state index in [9.17, 15) is 5.11 Å². The van der Waals surface area contributed by atoms with Crippen molar-refractivity contribution in [2.75, 3.05) is 13.1 Å². The molecule has 0 aromatic carbocycles. The average molecular weight is 235 g/mol. The Balaban J connectivity index is 1.76. The Morgan fingerprint density at radius 2 is 2.06 bits per heavy atom. The van der Waals surface area contributed by atoms with Crippen LogP contribution in [0, 0.1) is 5.92 Å². The van der Waals surface area contributed by atoms with Gasteiger partial charge in [0.05, 0.1) is 18.0 Å². The highest BCUT2D eigenvalue weighted by atomic mass is 16.3. The maximum Gasteiger partial charge on any atom is 0.0849 e. The molecule has 1 aromatic heterocycles. The first-order valence-corrected chi connectivity index (χ1v) is 6.75. The monoisotopic (exact) mass is 235 g/mol. The van der Waals surface area contributed by atoms with Gasteiger partial charge in [-0.25, -0.2) is 0 Å². The molecule has 0 radical (unpaired) electrons. The highest BCUT2D eigenvalue weighted by Gasteiger charge is 2.25. The number of aromatic nitrogens is 2. The number of rotatable bonds is 4. The molecular formula is C13H21N3O. The van der Waals surface area contributed by atoms with Crippen LogP contribution >= 0.6 is 0 Å². The molecule has 4 nitrogen and oxygen atoms in total. The van der Waals surface area contributed by atoms with Gasteiger partial charge in [-0.15, -0.1) is 0 Å². The van der Waals surface area contributed by atoms with Gasteiger partial charge in [-0.1, -0.05) is 0 Å². The Labute approximate surface area is 102 Å². The predicted octanol–water partition coefficient (Wildman–Crippen LogP) is 1.25. The van der Waals surface area contributed by atoms with Crippen molar-refractivity contribution in [1.82, 2.24) is 15.1 Å². The van der Waals surface area contributed by atoms with Gasteiger partial charge in [0.1, 0.15) is 0 Å². The van der Waals surface area contributed by atoms with Crippen LogP contribution in [0.5, 0.6) is 0 Å². The Bertz CT molecular complexity index is 378. The summed E-state index contributed by atoms with van der Waals surface area (Å²) < 4.78 is 2.04. The van der Waals surface area contributed by atoms with E-state index in [0.29, 0.717) is 5.92 Å². The summed E-state index contributed by atoms with van der Waals surface area (Å²) in [5.41, 5.74) is 2.18. The molecule has 0 atom stereocenters. The van der Waals surface area contributed by atoms with Crippen LogP contribution in [-0.4, -0.2) is 28.0 Å². The van der Waals surface area contributed by atoms with Crippen molar-refractivity contribution in [3.63, 3.8) is 0 Å². The molecule has 1 saturated heterocycles. The predicted molar refractivity (Wildman–Crippen MR) is 65.7 cm³/mol. The van der Waals surface area contributed by atoms with E-state index in [4.69, 9.17) is 5.10 Å². The Hall–Kier alpha value is -0.870. The first kappa shape index (κ1) is 11.2. The van der Waals surface area contributed by atoms with E-state index < -0.39 is 0 Å². The quantitative estimate of drug-likeness (QED) is 0.826. The number of aliphatic hydroxyl groups excluding tert-OH is 1. The number of nitrogens with zero attached hydrogens (tertiary/aromatic N) is 2. The molecule has 4 heteroatoms. The van der Waals surface area contributed by atoms with Crippen molar-refractivity contribution in [1.29, 1.82) is 0 Å². The minimum atomic E-state index is 0.116. The molecule has 0 amide bonds. The minimum absolute atomic E-state index is 0.116. The molecule has 2 aliphatic rings. The van der Waals surface area contributed by atoms with E-state index >= 15 is 0 Å². The maximum atomic E-state index is 9.39. The Morgan fingerprint density at radius 1 is 1.29 bits per heavy atom. The minimum Gasteiger partial charge on any atom is -0.390 e. The molecule has 0 unspecified atom stereocenters. The lowest BCUT2D eigenvalue weighted by Gasteiger charge is -2.20. The molecule has 0 bridgehead atoms. The number of piperidine rings is 1. The summed E-state index contributed by atoms with van der Waals surface area (Å²) in [5.74, 6) is 1.39. The molecule has 2 N–H and O–H groups in total. The van der Waals surface area contributed by atoms with E-state index in [2.05, 4.69) is 11.4 Å². The van der Waals surface area contributed by atoms with Crippen molar-refractivity contribution < 1.29 is 5.11 Å². The van der Waals surface area contributed by atoms with Crippen LogP contribution in [0.2, 0.25) is 0 Å². The largest absolute Gasteiger partial charge is 0.390 e. The number of aliphatic hydroxyl groups is 1. The maximum absolute atomic E-state index is 9.39. The molecule has 1 aromatic rings. The highest BCUT2D eigenvalue weighted by Crippen LogP contribution is 2.32. The van der Waals surface area contributed by atoms with Gasteiger partial charge in [0.25, 0.3) is 0 Å². The first-order valence-electron chi connectivity index (χ1n) is 6.75. The molecular weight excluding hydrogens is 214 g/mol. The van der Waals surface area contributed by atoms with Gasteiger partial charge < -0.3 is 10.4 Å². The van der Waals surface area contributed by atoms with Gasteiger partial charge >= 0.3 is 0 Å². The van der Waals surface area contributed by atoms with Crippen molar-refractivity contribution in [3.8, 4) is 0 Å². The molecule has 3 rings (SSSR count). The second kappa shape index (κ2) is 4.78. The van der Waals surface area contributed by atoms with E-state index in [1.165, 1.54) is 31.4 Å². The molecule has 2 fully saturated rings. The van der Waals surface area contributed by atoms with Crippen LogP contribution in [0.3, 0.4) is 0 Å². The van der Waals surface area contributed by atoms with E-state index in [1.807, 2.05) is 4.68 Å². The summed E-state index contributed by atoms with van der Waals surface area (Å²) in [6.45, 7) is 3.30. The second-order valence-electron chi connectivity index (χ2n) is 5.37. The fourth-order valence-corrected chi connectivity index (χ4v) is 2.63. The van der Waals surface area contributed by atoms with Crippen molar-refractivity contribution in [2.24, 2.45) is 5.92 Å². The third kappa shape index (κ3) is 2.53. The normalized spacial score (nSPS) is 21.9. The van der Waals surface area contributed by atoms with Gasteiger partial charge in [-0.05, 0) is 50.8 Å². The summed E-state index contributed by atoms with van der Waals surface area (Å²) in [4.78, 5) is 0. The van der Waals surface area contributed by atoms with Crippen LogP contribution in [-0.2, 0) is 13.2 Å². The molecule has 2 heterocycles. The lowest BCUT2D eigenvalue weighted by Crippen LogP contribution is -2.26. The smallest absolute Gasteiger partial charge is 0.0849 e. The van der Waals surface area contributed by atoms with Crippen LogP contribution < -0.4 is 5.32 Å². The van der Waals surface area contributed by atoms with Gasteiger partial charge in [0.15, 0.2) is 0 Å². The van der Waals surface area contributed by atoms with Crippen LogP contribution in [0.15, 0.2) is 6.07 Å². The lowest BCUT2D eigenvalue weighted by atomic mass is 9.95. The number of hydrogen-bond donors (Lipinski definition) is 2. The molecule has 1 saturated carbocycles. The summed E-state index contributed by atoms with van der Waals surface area (Å²) in [7, 11) is 0. The summed E-state index contributed by atoms with van der Waals surface area (Å²) in [6.07, 6.45) is 5.00. The Kier molecular flexibility index (Phi) is 3.16. The summed E-state index contributed by atoms with van der Waals surface area (Å²) in [5, 5.41) is 17.5. The summed E-state index contributed by atoms with van der Waals surface area (Å²) >= 11 is 0. The van der Waals surface area contributed by atoms with Crippen molar-refractivity contribution in [2.45, 2.75) is 44.8 Å². The zero-order valence-corrected chi connectivity index (χ0v) is 10.2. The fraction of sp³-hybridized carbons (Fsp3) is 0.769. The van der Waals surface area contributed by atoms with Crippen molar-refractivity contribution >= 4 is 0 Å². The topological polar surface area (TPSA) is 50.1 Å². The molecule has 1 aliphatic heterocycles. The van der Waals surface area contributed by atoms with E-state index in [-0.39, 0.29) is 6.61 Å². The molecule has 0 spiro atoms. The number of hydrogen-bond acceptors (Lipinski definition) is 3. The van der Waals surface area contributed by atoms with Gasteiger partial charge in [-0.2, -0.15) is 5.10 Å². The third-order valence-corrected chi connectivity index (χ3v) is 3.93. The number of nitrogens with one attached hydrogen (secondary N) is 1. The van der Waals surface area contributed by atoms with Gasteiger partial charge in [0, 0.05) is 12.5 Å². The van der Waals surface area contributed by atoms with Crippen LogP contribution in [0.1, 0.15) is 43.0 Å². The third-order valence-electron chi connectivity index (χ3n) is 3.93. The standard InChI is InChI=1S/C13H21N3O/c17-9-12-7-13(11-3-5-14-6-4-11)15-16(12)8-10-1-2-10/h7,10-11,14,17H,1-6,8-9H2. The molecule has 17 heavy (non-hydrogen) atoms. The SMILES string of the molecule is OCc1cc(C2CCNCC2)nn1CC1CC1. The zero-order valence-electron chi connectivity index (χ0n) is 10.2. The highest BCUT2D eigenvalue weighted by molar-refractivity contribution is 5.15. The fourth-order valence-electron chi connectivity index (χ4n) is 2.63. The molecule has 94 valence electrons. The van der Waals surface area contributed by atoms with Gasteiger partial charge in [-0.3, -0.25) is 4.68 Å². The average Bonchev–Trinajstić information content (AvgIpc) is 3.09. The molecule has 1 aliphatic carbocycles. The van der Waals surface area contributed by atoms with Crippen LogP contribution in [0.4, 0.5) is 0 Å². The lowest BCUT2D eigenvalue weighted by molar-refractivity contribution is 0.266. The Morgan fingerprint density at radius 3 is 2.71 bits per heavy atom. The van der Waals surface area contributed by atoms with E-state index in [1.54, 1.807) is 0 Å². The van der Waals surface area contributed by atoms with E-state index in [0.717, 1.165) is 31.2 Å². The second-order valence-corrected chi connectivity index (χ2v) is 5.37. The first-order chi connectivity index (χ1) is 8.36. The van der Waals surface area contributed by atoms with Gasteiger partial charge in [0.2, 0.25) is 0 Å². The van der Waals surface area contributed by atoms with Crippen molar-refractivity contribution in [3.05, 3.63) is 17.5 Å². The zero-order chi connectivity index (χ0) is 11.7. The van der Waals surface area contributed by atoms with Crippen LogP contribution in [0.25, 0.3) is 0 Å². The summed E-state index contributed by atoms with van der Waals surface area (Å²) in [6, 6.07) is 2.11.